The van der Waals surface area contributed by atoms with Crippen LogP contribution in [0.4, 0.5) is 14.9 Å². The van der Waals surface area contributed by atoms with Crippen molar-refractivity contribution in [3.63, 3.8) is 0 Å². The van der Waals surface area contributed by atoms with E-state index in [1.165, 1.54) is 22.9 Å². The molecule has 4 amide bonds. The second-order valence-corrected chi connectivity index (χ2v) is 9.39. The number of carbonyl (C=O) groups excluding carboxylic acids is 4. The Morgan fingerprint density at radius 3 is 2.64 bits per heavy atom. The number of anilines is 1. The molecule has 10 heteroatoms. The summed E-state index contributed by atoms with van der Waals surface area (Å²) in [6.45, 7) is 3.83. The number of ketones is 1. The molecule has 2 aromatic rings. The molecule has 0 radical (unpaired) electrons. The minimum Gasteiger partial charge on any atom is -0.341 e. The predicted octanol–water partition coefficient (Wildman–Crippen LogP) is 2.40. The predicted molar refractivity (Wildman–Crippen MR) is 129 cm³/mol. The highest BCUT2D eigenvalue weighted by Gasteiger charge is 2.59. The molecule has 0 saturated carbocycles. The number of ether oxygens (including phenoxy) is 1. The Bertz CT molecular complexity index is 1220. The molecule has 1 aliphatic carbocycles. The SMILES string of the molecule is CNC(=O)Nc1ccc2c(c1)CC(=O)[C@]21OCN(CC(=O)N(Cc2ccccc2F)CC(C)C)C1=O. The lowest BCUT2D eigenvalue weighted by atomic mass is 9.94. The Morgan fingerprint density at radius 1 is 1.19 bits per heavy atom. The quantitative estimate of drug-likeness (QED) is 0.573. The molecule has 2 aliphatic rings. The van der Waals surface area contributed by atoms with E-state index in [9.17, 15) is 23.6 Å². The topological polar surface area (TPSA) is 108 Å². The fourth-order valence-corrected chi connectivity index (χ4v) is 4.62. The van der Waals surface area contributed by atoms with Gasteiger partial charge in [0.25, 0.3) is 5.91 Å². The summed E-state index contributed by atoms with van der Waals surface area (Å²) in [6.07, 6.45) is -0.0289. The van der Waals surface area contributed by atoms with Crippen molar-refractivity contribution in [2.75, 3.05) is 32.2 Å². The third-order valence-corrected chi connectivity index (χ3v) is 6.32. The van der Waals surface area contributed by atoms with Gasteiger partial charge < -0.3 is 25.2 Å². The molecule has 1 saturated heterocycles. The minimum atomic E-state index is -1.80. The van der Waals surface area contributed by atoms with Crippen LogP contribution in [0.3, 0.4) is 0 Å². The fraction of sp³-hybridized carbons (Fsp3) is 0.385. The first-order valence-electron chi connectivity index (χ1n) is 11.8. The van der Waals surface area contributed by atoms with Gasteiger partial charge in [-0.25, -0.2) is 9.18 Å². The standard InChI is InChI=1S/C26H29FN4O5/c1-16(2)12-30(13-17-6-4-5-7-21(17)27)23(33)14-31-15-36-26(24(31)34)20-9-8-19(29-25(35)28-3)10-18(20)11-22(26)32/h4-10,16H,11-15H2,1-3H3,(H2,28,29,35)/t26-/m1/s1. The molecule has 0 bridgehead atoms. The Hall–Kier alpha value is -3.79. The Kier molecular flexibility index (Phi) is 7.07. The second-order valence-electron chi connectivity index (χ2n) is 9.39. The van der Waals surface area contributed by atoms with Crippen LogP contribution < -0.4 is 10.6 Å². The van der Waals surface area contributed by atoms with E-state index in [-0.39, 0.29) is 38.1 Å². The molecular formula is C26H29FN4O5. The van der Waals surface area contributed by atoms with Crippen molar-refractivity contribution in [3.8, 4) is 0 Å². The van der Waals surface area contributed by atoms with Gasteiger partial charge in [-0.2, -0.15) is 0 Å². The number of nitrogens with one attached hydrogen (secondary N) is 2. The maximum atomic E-state index is 14.2. The van der Waals surface area contributed by atoms with E-state index in [4.69, 9.17) is 4.74 Å². The van der Waals surface area contributed by atoms with Gasteiger partial charge in [0.1, 0.15) is 19.1 Å². The molecule has 1 atom stereocenters. The lowest BCUT2D eigenvalue weighted by molar-refractivity contribution is -0.149. The van der Waals surface area contributed by atoms with Gasteiger partial charge in [0.2, 0.25) is 11.5 Å². The third-order valence-electron chi connectivity index (χ3n) is 6.32. The summed E-state index contributed by atoms with van der Waals surface area (Å²) >= 11 is 0. The highest BCUT2D eigenvalue weighted by Crippen LogP contribution is 2.43. The number of amides is 4. The monoisotopic (exact) mass is 496 g/mol. The molecule has 190 valence electrons. The van der Waals surface area contributed by atoms with Gasteiger partial charge in [-0.3, -0.25) is 14.4 Å². The smallest absolute Gasteiger partial charge is 0.318 e. The minimum absolute atomic E-state index is 0.0289. The van der Waals surface area contributed by atoms with Gasteiger partial charge in [-0.05, 0) is 29.7 Å². The summed E-state index contributed by atoms with van der Waals surface area (Å²) in [5.41, 5.74) is 0.0629. The normalized spacial score (nSPS) is 18.6. The molecule has 36 heavy (non-hydrogen) atoms. The number of urea groups is 1. The summed E-state index contributed by atoms with van der Waals surface area (Å²) in [7, 11) is 1.49. The zero-order valence-electron chi connectivity index (χ0n) is 20.5. The van der Waals surface area contributed by atoms with E-state index < -0.39 is 29.1 Å². The number of nitrogens with zero attached hydrogens (tertiary/aromatic N) is 2. The lowest BCUT2D eigenvalue weighted by Gasteiger charge is -2.27. The first-order chi connectivity index (χ1) is 17.1. The number of fused-ring (bicyclic) bond motifs is 2. The molecular weight excluding hydrogens is 467 g/mol. The summed E-state index contributed by atoms with van der Waals surface area (Å²) in [5.74, 6) is -1.66. The van der Waals surface area contributed by atoms with Gasteiger partial charge in [-0.15, -0.1) is 0 Å². The van der Waals surface area contributed by atoms with Crippen molar-refractivity contribution in [1.82, 2.24) is 15.1 Å². The van der Waals surface area contributed by atoms with Crippen LogP contribution in [0, 0.1) is 11.7 Å². The number of carbonyl (C=O) groups is 4. The van der Waals surface area contributed by atoms with Gasteiger partial charge in [0.05, 0.1) is 0 Å². The van der Waals surface area contributed by atoms with Crippen LogP contribution in [-0.2, 0) is 37.7 Å². The van der Waals surface area contributed by atoms with E-state index in [1.54, 1.807) is 36.4 Å². The Labute approximate surface area is 208 Å². The zero-order valence-corrected chi connectivity index (χ0v) is 20.5. The number of halogens is 1. The van der Waals surface area contributed by atoms with Crippen LogP contribution in [0.1, 0.15) is 30.5 Å². The third kappa shape index (κ3) is 4.68. The van der Waals surface area contributed by atoms with Crippen molar-refractivity contribution in [2.45, 2.75) is 32.4 Å². The Morgan fingerprint density at radius 2 is 1.94 bits per heavy atom. The average molecular weight is 497 g/mol. The van der Waals surface area contributed by atoms with Crippen LogP contribution in [0.5, 0.6) is 0 Å². The lowest BCUT2D eigenvalue weighted by Crippen LogP contribution is -2.46. The Balaban J connectivity index is 1.52. The highest BCUT2D eigenvalue weighted by atomic mass is 19.1. The zero-order chi connectivity index (χ0) is 26.0. The maximum Gasteiger partial charge on any atom is 0.318 e. The van der Waals surface area contributed by atoms with Crippen LogP contribution in [0.15, 0.2) is 42.5 Å². The largest absolute Gasteiger partial charge is 0.341 e. The number of benzene rings is 2. The highest BCUT2D eigenvalue weighted by molar-refractivity contribution is 6.15. The van der Waals surface area contributed by atoms with Gasteiger partial charge >= 0.3 is 6.03 Å². The average Bonchev–Trinajstić information content (AvgIpc) is 3.31. The summed E-state index contributed by atoms with van der Waals surface area (Å²) in [6, 6.07) is 10.7. The summed E-state index contributed by atoms with van der Waals surface area (Å²) in [4.78, 5) is 54.1. The summed E-state index contributed by atoms with van der Waals surface area (Å²) < 4.78 is 20.0. The van der Waals surface area contributed by atoms with Crippen molar-refractivity contribution >= 4 is 29.3 Å². The van der Waals surface area contributed by atoms with E-state index in [0.29, 0.717) is 28.9 Å². The molecule has 0 unspecified atom stereocenters. The number of hydrogen-bond donors (Lipinski definition) is 2. The fourth-order valence-electron chi connectivity index (χ4n) is 4.62. The van der Waals surface area contributed by atoms with E-state index in [0.717, 1.165) is 0 Å². The molecule has 2 N–H and O–H groups in total. The first kappa shape index (κ1) is 25.3. The van der Waals surface area contributed by atoms with Gasteiger partial charge in [-0.1, -0.05) is 38.1 Å². The summed E-state index contributed by atoms with van der Waals surface area (Å²) in [5, 5.41) is 5.09. The van der Waals surface area contributed by atoms with Crippen LogP contribution in [-0.4, -0.2) is 60.3 Å². The molecule has 9 nitrogen and oxygen atoms in total. The van der Waals surface area contributed by atoms with Gasteiger partial charge in [0, 0.05) is 43.4 Å². The maximum absolute atomic E-state index is 14.2. The van der Waals surface area contributed by atoms with E-state index >= 15 is 0 Å². The van der Waals surface area contributed by atoms with Gasteiger partial charge in [0.15, 0.2) is 5.78 Å². The molecule has 1 heterocycles. The van der Waals surface area contributed by atoms with E-state index in [1.807, 2.05) is 13.8 Å². The van der Waals surface area contributed by atoms with Crippen molar-refractivity contribution in [1.29, 1.82) is 0 Å². The van der Waals surface area contributed by atoms with Crippen molar-refractivity contribution in [3.05, 3.63) is 65.0 Å². The molecule has 1 fully saturated rings. The molecule has 4 rings (SSSR count). The van der Waals surface area contributed by atoms with Crippen LogP contribution in [0.25, 0.3) is 0 Å². The van der Waals surface area contributed by atoms with Crippen LogP contribution in [0.2, 0.25) is 0 Å². The molecule has 0 aromatic heterocycles. The number of Topliss-reactive ketones (excluding diaryl/α,β-unsaturated/α-hetero) is 1. The van der Waals surface area contributed by atoms with Crippen LogP contribution >= 0.6 is 0 Å². The second kappa shape index (κ2) is 10.1. The van der Waals surface area contributed by atoms with Crippen molar-refractivity contribution in [2.24, 2.45) is 5.92 Å². The van der Waals surface area contributed by atoms with E-state index in [2.05, 4.69) is 10.6 Å². The number of rotatable bonds is 7. The van der Waals surface area contributed by atoms with Crippen molar-refractivity contribution < 1.29 is 28.3 Å². The molecule has 1 aliphatic heterocycles. The number of hydrogen-bond acceptors (Lipinski definition) is 5. The first-order valence-corrected chi connectivity index (χ1v) is 11.8. The molecule has 2 aromatic carbocycles. The molecule has 1 spiro atoms.